The molecule has 4 rings (SSSR count). The van der Waals surface area contributed by atoms with E-state index in [0.29, 0.717) is 43.1 Å². The van der Waals surface area contributed by atoms with Gasteiger partial charge in [0.25, 0.3) is 11.6 Å². The average Bonchev–Trinajstić information content (AvgIpc) is 3.12. The van der Waals surface area contributed by atoms with Crippen LogP contribution in [-0.4, -0.2) is 21.8 Å². The van der Waals surface area contributed by atoms with Gasteiger partial charge >= 0.3 is 0 Å². The number of non-ortho nitro benzene ring substituents is 1. The predicted octanol–water partition coefficient (Wildman–Crippen LogP) is 6.88. The van der Waals surface area contributed by atoms with Crippen molar-refractivity contribution >= 4 is 67.6 Å². The number of thiocarbonyl (C=S) groups is 1. The Labute approximate surface area is 224 Å². The highest BCUT2D eigenvalue weighted by Gasteiger charge is 2.33. The first-order valence-corrected chi connectivity index (χ1v) is 12.6. The average molecular weight is 589 g/mol. The molecule has 0 saturated carbocycles. The van der Waals surface area contributed by atoms with Crippen molar-refractivity contribution in [3.05, 3.63) is 97.1 Å². The third kappa shape index (κ3) is 5.75. The minimum Gasteiger partial charge on any atom is -0.490 e. The van der Waals surface area contributed by atoms with Gasteiger partial charge in [0.2, 0.25) is 0 Å². The lowest BCUT2D eigenvalue weighted by Crippen LogP contribution is -2.27. The molecule has 0 N–H and O–H groups in total. The molecule has 1 heterocycles. The number of nitro benzene ring substituents is 1. The number of amides is 1. The molecule has 0 radical (unpaired) electrons. The van der Waals surface area contributed by atoms with Crippen LogP contribution >= 0.6 is 39.9 Å². The van der Waals surface area contributed by atoms with E-state index in [4.69, 9.17) is 21.7 Å². The van der Waals surface area contributed by atoms with E-state index in [9.17, 15) is 19.3 Å². The lowest BCUT2D eigenvalue weighted by atomic mass is 10.1. The maximum atomic E-state index is 13.2. The van der Waals surface area contributed by atoms with Gasteiger partial charge in [-0.3, -0.25) is 19.8 Å². The summed E-state index contributed by atoms with van der Waals surface area (Å²) in [6, 6.07) is 15.2. The Hall–Kier alpha value is -3.28. The van der Waals surface area contributed by atoms with Crippen LogP contribution in [0.25, 0.3) is 6.08 Å². The van der Waals surface area contributed by atoms with Gasteiger partial charge in [0.1, 0.15) is 12.4 Å². The van der Waals surface area contributed by atoms with Crippen LogP contribution in [0.3, 0.4) is 0 Å². The van der Waals surface area contributed by atoms with Gasteiger partial charge in [-0.05, 0) is 76.5 Å². The highest BCUT2D eigenvalue weighted by Crippen LogP contribution is 2.40. The maximum Gasteiger partial charge on any atom is 0.270 e. The van der Waals surface area contributed by atoms with Gasteiger partial charge in [0.05, 0.1) is 26.6 Å². The number of carbonyl (C=O) groups is 1. The van der Waals surface area contributed by atoms with Crippen molar-refractivity contribution in [2.45, 2.75) is 13.5 Å². The summed E-state index contributed by atoms with van der Waals surface area (Å²) in [5.41, 5.74) is 1.86. The van der Waals surface area contributed by atoms with Crippen LogP contribution in [0.2, 0.25) is 0 Å². The second kappa shape index (κ2) is 11.2. The number of nitrogens with zero attached hydrogens (tertiary/aromatic N) is 2. The van der Waals surface area contributed by atoms with E-state index in [1.165, 1.54) is 41.3 Å². The van der Waals surface area contributed by atoms with Crippen LogP contribution < -0.4 is 14.4 Å². The number of anilines is 1. The molecule has 0 unspecified atom stereocenters. The minimum atomic E-state index is -0.505. The summed E-state index contributed by atoms with van der Waals surface area (Å²) in [5, 5.41) is 10.9. The fraction of sp³-hybridized carbons (Fsp3) is 0.120. The van der Waals surface area contributed by atoms with Crippen molar-refractivity contribution in [1.82, 2.24) is 0 Å². The van der Waals surface area contributed by atoms with E-state index in [0.717, 1.165) is 17.3 Å². The summed E-state index contributed by atoms with van der Waals surface area (Å²) in [5.74, 6) is 0.311. The maximum absolute atomic E-state index is 13.2. The van der Waals surface area contributed by atoms with Gasteiger partial charge < -0.3 is 9.47 Å². The number of nitro groups is 1. The van der Waals surface area contributed by atoms with E-state index in [2.05, 4.69) is 15.9 Å². The summed E-state index contributed by atoms with van der Waals surface area (Å²) >= 11 is 10.1. The predicted molar refractivity (Wildman–Crippen MR) is 145 cm³/mol. The van der Waals surface area contributed by atoms with Crippen LogP contribution in [0, 0.1) is 15.9 Å². The Kier molecular flexibility index (Phi) is 8.02. The van der Waals surface area contributed by atoms with Gasteiger partial charge in [0.15, 0.2) is 15.8 Å². The normalized spacial score (nSPS) is 14.4. The molecule has 11 heteroatoms. The Morgan fingerprint density at radius 1 is 1.14 bits per heavy atom. The third-order valence-corrected chi connectivity index (χ3v) is 6.93. The number of halogens is 2. The van der Waals surface area contributed by atoms with Crippen molar-refractivity contribution in [3.63, 3.8) is 0 Å². The third-order valence-electron chi connectivity index (χ3n) is 5.04. The number of thioether (sulfide) groups is 1. The highest BCUT2D eigenvalue weighted by molar-refractivity contribution is 9.10. The van der Waals surface area contributed by atoms with Crippen molar-refractivity contribution in [2.75, 3.05) is 11.5 Å². The van der Waals surface area contributed by atoms with Crippen molar-refractivity contribution < 1.29 is 23.6 Å². The number of rotatable bonds is 8. The molecule has 1 aliphatic heterocycles. The smallest absolute Gasteiger partial charge is 0.270 e. The fourth-order valence-corrected chi connectivity index (χ4v) is 5.25. The lowest BCUT2D eigenvalue weighted by Gasteiger charge is -2.15. The lowest BCUT2D eigenvalue weighted by molar-refractivity contribution is -0.384. The van der Waals surface area contributed by atoms with Gasteiger partial charge in [-0.1, -0.05) is 36.1 Å². The number of ether oxygens (including phenoxy) is 2. The van der Waals surface area contributed by atoms with Gasteiger partial charge in [0, 0.05) is 12.1 Å². The number of hydrogen-bond acceptors (Lipinski definition) is 7. The molecule has 0 aromatic heterocycles. The standard InChI is InChI=1S/C25H18BrFN2O5S2/c1-2-33-21-12-16(11-20(26)23(21)34-14-15-3-5-17(27)6-4-15)13-22-24(30)28(25(35)36-22)18-7-9-19(10-8-18)29(31)32/h3-13H,2,14H2,1H3/b22-13+. The molecule has 0 atom stereocenters. The fourth-order valence-electron chi connectivity index (χ4n) is 3.38. The Morgan fingerprint density at radius 2 is 1.83 bits per heavy atom. The van der Waals surface area contributed by atoms with Crippen LogP contribution in [0.4, 0.5) is 15.8 Å². The molecule has 1 amide bonds. The zero-order valence-electron chi connectivity index (χ0n) is 18.8. The van der Waals surface area contributed by atoms with E-state index in [1.807, 2.05) is 6.92 Å². The minimum absolute atomic E-state index is 0.0743. The molecule has 0 aliphatic carbocycles. The molecule has 1 aliphatic rings. The molecular formula is C25H18BrFN2O5S2. The Morgan fingerprint density at radius 3 is 2.47 bits per heavy atom. The number of carbonyl (C=O) groups excluding carboxylic acids is 1. The van der Waals surface area contributed by atoms with Gasteiger partial charge in [-0.25, -0.2) is 4.39 Å². The Bertz CT molecular complexity index is 1360. The summed E-state index contributed by atoms with van der Waals surface area (Å²) < 4.78 is 25.8. The zero-order chi connectivity index (χ0) is 25.8. The van der Waals surface area contributed by atoms with Crippen LogP contribution in [0.1, 0.15) is 18.1 Å². The molecule has 0 spiro atoms. The van der Waals surface area contributed by atoms with Crippen molar-refractivity contribution in [3.8, 4) is 11.5 Å². The molecule has 3 aromatic rings. The van der Waals surface area contributed by atoms with Crippen molar-refractivity contribution in [1.29, 1.82) is 0 Å². The highest BCUT2D eigenvalue weighted by atomic mass is 79.9. The largest absolute Gasteiger partial charge is 0.490 e. The summed E-state index contributed by atoms with van der Waals surface area (Å²) in [7, 11) is 0. The van der Waals surface area contributed by atoms with Gasteiger partial charge in [-0.15, -0.1) is 0 Å². The van der Waals surface area contributed by atoms with Crippen LogP contribution in [0.15, 0.2) is 70.0 Å². The van der Waals surface area contributed by atoms with E-state index in [1.54, 1.807) is 30.3 Å². The van der Waals surface area contributed by atoms with E-state index >= 15 is 0 Å². The molecule has 0 bridgehead atoms. The molecule has 3 aromatic carbocycles. The summed E-state index contributed by atoms with van der Waals surface area (Å²) in [6.45, 7) is 2.46. The molecule has 7 nitrogen and oxygen atoms in total. The molecular weight excluding hydrogens is 571 g/mol. The molecule has 36 heavy (non-hydrogen) atoms. The second-order valence-electron chi connectivity index (χ2n) is 7.47. The zero-order valence-corrected chi connectivity index (χ0v) is 22.0. The molecule has 1 saturated heterocycles. The van der Waals surface area contributed by atoms with E-state index < -0.39 is 4.92 Å². The van der Waals surface area contributed by atoms with Crippen LogP contribution in [0.5, 0.6) is 11.5 Å². The second-order valence-corrected chi connectivity index (χ2v) is 10.00. The van der Waals surface area contributed by atoms with Crippen LogP contribution in [-0.2, 0) is 11.4 Å². The van der Waals surface area contributed by atoms with E-state index in [-0.39, 0.29) is 24.0 Å². The first-order valence-electron chi connectivity index (χ1n) is 10.6. The quantitative estimate of drug-likeness (QED) is 0.123. The first-order chi connectivity index (χ1) is 17.3. The Balaban J connectivity index is 1.58. The molecule has 184 valence electrons. The summed E-state index contributed by atoms with van der Waals surface area (Å²) in [4.78, 5) is 25.3. The van der Waals surface area contributed by atoms with Crippen molar-refractivity contribution in [2.24, 2.45) is 0 Å². The first kappa shape index (κ1) is 25.8. The van der Waals surface area contributed by atoms with Gasteiger partial charge in [-0.2, -0.15) is 0 Å². The summed E-state index contributed by atoms with van der Waals surface area (Å²) in [6.07, 6.45) is 1.70. The SMILES string of the molecule is CCOc1cc(/C=C2/SC(=S)N(c3ccc([N+](=O)[O-])cc3)C2=O)cc(Br)c1OCc1ccc(F)cc1. The monoisotopic (exact) mass is 588 g/mol. The topological polar surface area (TPSA) is 81.9 Å². The number of hydrogen-bond donors (Lipinski definition) is 0. The number of benzene rings is 3. The molecule has 1 fully saturated rings.